The van der Waals surface area contributed by atoms with Crippen LogP contribution in [0.25, 0.3) is 0 Å². The summed E-state index contributed by atoms with van der Waals surface area (Å²) in [5.74, 6) is 0. The van der Waals surface area contributed by atoms with Crippen LogP contribution in [-0.4, -0.2) is 25.8 Å². The zero-order chi connectivity index (χ0) is 10.7. The Morgan fingerprint density at radius 1 is 1.53 bits per heavy atom. The van der Waals surface area contributed by atoms with E-state index in [1.54, 1.807) is 0 Å². The van der Waals surface area contributed by atoms with E-state index >= 15 is 0 Å². The molecule has 0 saturated carbocycles. The Kier molecular flexibility index (Phi) is 3.78. The number of aryl methyl sites for hydroxylation is 1. The molecule has 2 rings (SSSR count). The van der Waals surface area contributed by atoms with Crippen LogP contribution in [0, 0.1) is 6.92 Å². The summed E-state index contributed by atoms with van der Waals surface area (Å²) in [5, 5.41) is 3.35. The highest BCUT2D eigenvalue weighted by molar-refractivity contribution is 9.10. The number of nitrogens with one attached hydrogen (secondary N) is 1. The van der Waals surface area contributed by atoms with Crippen LogP contribution >= 0.6 is 15.9 Å². The van der Waals surface area contributed by atoms with Crippen LogP contribution in [0.2, 0.25) is 0 Å². The van der Waals surface area contributed by atoms with Gasteiger partial charge in [0.15, 0.2) is 0 Å². The summed E-state index contributed by atoms with van der Waals surface area (Å²) in [7, 11) is 0. The molecule has 1 aliphatic heterocycles. The van der Waals surface area contributed by atoms with Crippen LogP contribution in [0.15, 0.2) is 22.7 Å². The van der Waals surface area contributed by atoms with Crippen molar-refractivity contribution in [3.63, 3.8) is 0 Å². The molecule has 0 radical (unpaired) electrons. The Bertz CT molecular complexity index is 334. The van der Waals surface area contributed by atoms with Crippen LogP contribution in [0.5, 0.6) is 0 Å². The van der Waals surface area contributed by atoms with Crippen LogP contribution in [0.4, 0.5) is 0 Å². The molecular weight excluding hydrogens is 254 g/mol. The molecule has 1 saturated heterocycles. The van der Waals surface area contributed by atoms with Crippen molar-refractivity contribution in [1.29, 1.82) is 0 Å². The molecule has 1 fully saturated rings. The highest BCUT2D eigenvalue weighted by atomic mass is 79.9. The second-order valence-corrected chi connectivity index (χ2v) is 4.89. The number of halogens is 1. The van der Waals surface area contributed by atoms with Gasteiger partial charge in [-0.3, -0.25) is 0 Å². The molecule has 15 heavy (non-hydrogen) atoms. The van der Waals surface area contributed by atoms with Gasteiger partial charge in [0.1, 0.15) is 0 Å². The summed E-state index contributed by atoms with van der Waals surface area (Å²) < 4.78 is 6.84. The number of hydrogen-bond donors (Lipinski definition) is 1. The van der Waals surface area contributed by atoms with Crippen molar-refractivity contribution in [2.45, 2.75) is 19.4 Å². The number of morpholine rings is 1. The SMILES string of the molecule is Cc1ccc(Br)cc1CC1CNCCO1. The van der Waals surface area contributed by atoms with E-state index in [1.807, 2.05) is 0 Å². The Hall–Kier alpha value is -0.380. The average molecular weight is 270 g/mol. The lowest BCUT2D eigenvalue weighted by molar-refractivity contribution is 0.0291. The molecule has 0 amide bonds. The molecule has 1 aromatic carbocycles. The number of rotatable bonds is 2. The lowest BCUT2D eigenvalue weighted by Gasteiger charge is -2.24. The lowest BCUT2D eigenvalue weighted by atomic mass is 10.0. The van der Waals surface area contributed by atoms with Gasteiger partial charge in [-0.25, -0.2) is 0 Å². The first kappa shape index (κ1) is 11.1. The van der Waals surface area contributed by atoms with E-state index in [2.05, 4.69) is 46.4 Å². The van der Waals surface area contributed by atoms with Crippen LogP contribution in [0.1, 0.15) is 11.1 Å². The van der Waals surface area contributed by atoms with E-state index in [9.17, 15) is 0 Å². The van der Waals surface area contributed by atoms with Crippen molar-refractivity contribution < 1.29 is 4.74 Å². The molecular formula is C12H16BrNO. The highest BCUT2D eigenvalue weighted by Gasteiger charge is 2.14. The van der Waals surface area contributed by atoms with Gasteiger partial charge >= 0.3 is 0 Å². The van der Waals surface area contributed by atoms with Gasteiger partial charge in [0.05, 0.1) is 12.7 Å². The van der Waals surface area contributed by atoms with E-state index in [0.717, 1.165) is 30.6 Å². The smallest absolute Gasteiger partial charge is 0.0740 e. The average Bonchev–Trinajstić information content (AvgIpc) is 2.25. The number of ether oxygens (including phenoxy) is 1. The molecule has 82 valence electrons. The third kappa shape index (κ3) is 3.03. The monoisotopic (exact) mass is 269 g/mol. The third-order valence-corrected chi connectivity index (χ3v) is 3.26. The molecule has 3 heteroatoms. The second kappa shape index (κ2) is 5.10. The summed E-state index contributed by atoms with van der Waals surface area (Å²) in [6.45, 7) is 4.93. The van der Waals surface area contributed by atoms with Gasteiger partial charge < -0.3 is 10.1 Å². The van der Waals surface area contributed by atoms with Crippen LogP contribution in [-0.2, 0) is 11.2 Å². The maximum absolute atomic E-state index is 5.70. The second-order valence-electron chi connectivity index (χ2n) is 3.97. The van der Waals surface area contributed by atoms with Gasteiger partial charge in [-0.05, 0) is 30.2 Å². The van der Waals surface area contributed by atoms with Gasteiger partial charge in [0.25, 0.3) is 0 Å². The van der Waals surface area contributed by atoms with Gasteiger partial charge in [0, 0.05) is 24.0 Å². The molecule has 1 heterocycles. The van der Waals surface area contributed by atoms with Crippen molar-refractivity contribution in [3.8, 4) is 0 Å². The molecule has 2 nitrogen and oxygen atoms in total. The van der Waals surface area contributed by atoms with Gasteiger partial charge in [-0.1, -0.05) is 22.0 Å². The van der Waals surface area contributed by atoms with Gasteiger partial charge in [-0.2, -0.15) is 0 Å². The minimum atomic E-state index is 0.326. The van der Waals surface area contributed by atoms with Crippen molar-refractivity contribution in [2.24, 2.45) is 0 Å². The molecule has 1 atom stereocenters. The topological polar surface area (TPSA) is 21.3 Å². The molecule has 1 N–H and O–H groups in total. The summed E-state index contributed by atoms with van der Waals surface area (Å²) in [6.07, 6.45) is 1.32. The fourth-order valence-electron chi connectivity index (χ4n) is 1.86. The zero-order valence-electron chi connectivity index (χ0n) is 8.92. The van der Waals surface area contributed by atoms with Gasteiger partial charge in [-0.15, -0.1) is 0 Å². The fraction of sp³-hybridized carbons (Fsp3) is 0.500. The Morgan fingerprint density at radius 3 is 3.13 bits per heavy atom. The minimum Gasteiger partial charge on any atom is -0.375 e. The predicted octanol–water partition coefficient (Wildman–Crippen LogP) is 2.29. The molecule has 0 aromatic heterocycles. The number of benzene rings is 1. The summed E-state index contributed by atoms with van der Waals surface area (Å²) in [6, 6.07) is 6.42. The van der Waals surface area contributed by atoms with Crippen molar-refractivity contribution in [1.82, 2.24) is 5.32 Å². The molecule has 0 aliphatic carbocycles. The molecule has 1 aromatic rings. The first-order chi connectivity index (χ1) is 7.25. The highest BCUT2D eigenvalue weighted by Crippen LogP contribution is 2.18. The number of hydrogen-bond acceptors (Lipinski definition) is 2. The maximum atomic E-state index is 5.70. The molecule has 0 spiro atoms. The zero-order valence-corrected chi connectivity index (χ0v) is 10.5. The maximum Gasteiger partial charge on any atom is 0.0740 e. The molecule has 0 bridgehead atoms. The summed E-state index contributed by atoms with van der Waals surface area (Å²) >= 11 is 3.50. The van der Waals surface area contributed by atoms with E-state index < -0.39 is 0 Å². The fourth-order valence-corrected chi connectivity index (χ4v) is 2.26. The quantitative estimate of drug-likeness (QED) is 0.890. The standard InChI is InChI=1S/C12H16BrNO/c1-9-2-3-11(13)6-10(9)7-12-8-14-4-5-15-12/h2-3,6,12,14H,4-5,7-8H2,1H3. The molecule has 1 aliphatic rings. The minimum absolute atomic E-state index is 0.326. The summed E-state index contributed by atoms with van der Waals surface area (Å²) in [5.41, 5.74) is 2.71. The third-order valence-electron chi connectivity index (χ3n) is 2.76. The van der Waals surface area contributed by atoms with E-state index in [4.69, 9.17) is 4.74 Å². The first-order valence-electron chi connectivity index (χ1n) is 5.33. The van der Waals surface area contributed by atoms with E-state index in [0.29, 0.717) is 6.10 Å². The Labute approximate surface area is 99.1 Å². The van der Waals surface area contributed by atoms with Crippen molar-refractivity contribution in [3.05, 3.63) is 33.8 Å². The normalized spacial score (nSPS) is 21.6. The van der Waals surface area contributed by atoms with Crippen LogP contribution < -0.4 is 5.32 Å². The first-order valence-corrected chi connectivity index (χ1v) is 6.12. The van der Waals surface area contributed by atoms with Crippen LogP contribution in [0.3, 0.4) is 0 Å². The van der Waals surface area contributed by atoms with Crippen molar-refractivity contribution >= 4 is 15.9 Å². The summed E-state index contributed by atoms with van der Waals surface area (Å²) in [4.78, 5) is 0. The van der Waals surface area contributed by atoms with E-state index in [-0.39, 0.29) is 0 Å². The van der Waals surface area contributed by atoms with E-state index in [1.165, 1.54) is 11.1 Å². The Balaban J connectivity index is 2.05. The van der Waals surface area contributed by atoms with Crippen molar-refractivity contribution in [2.75, 3.05) is 19.7 Å². The largest absolute Gasteiger partial charge is 0.375 e. The van der Waals surface area contributed by atoms with Gasteiger partial charge in [0.2, 0.25) is 0 Å². The lowest BCUT2D eigenvalue weighted by Crippen LogP contribution is -2.39. The Morgan fingerprint density at radius 2 is 2.40 bits per heavy atom. The predicted molar refractivity (Wildman–Crippen MR) is 65.2 cm³/mol. The molecule has 1 unspecified atom stereocenters.